The van der Waals surface area contributed by atoms with Gasteiger partial charge >= 0.3 is 0 Å². The lowest BCUT2D eigenvalue weighted by Gasteiger charge is -2.35. The van der Waals surface area contributed by atoms with Crippen molar-refractivity contribution in [2.75, 3.05) is 44.2 Å². The van der Waals surface area contributed by atoms with Gasteiger partial charge in [-0.25, -0.2) is 0 Å². The summed E-state index contributed by atoms with van der Waals surface area (Å²) in [5, 5.41) is 3.44. The Hall–Kier alpha value is -0.740. The topological polar surface area (TPSA) is 18.5 Å². The first-order chi connectivity index (χ1) is 10.7. The molecule has 5 heteroatoms. The summed E-state index contributed by atoms with van der Waals surface area (Å²) in [6, 6.07) is 9.63. The summed E-state index contributed by atoms with van der Waals surface area (Å²) in [6.45, 7) is 17.2. The normalized spacial score (nSPS) is 15.8. The third-order valence-electron chi connectivity index (χ3n) is 4.54. The van der Waals surface area contributed by atoms with Gasteiger partial charge in [-0.2, -0.15) is 0 Å². The summed E-state index contributed by atoms with van der Waals surface area (Å²) in [7, 11) is 0. The molecule has 1 N–H and O–H groups in total. The predicted octanol–water partition coefficient (Wildman–Crippen LogP) is 4.29. The molecule has 1 aromatic rings. The molecule has 0 aliphatic carbocycles. The van der Waals surface area contributed by atoms with Gasteiger partial charge in [0, 0.05) is 51.0 Å². The van der Waals surface area contributed by atoms with Crippen LogP contribution in [0.5, 0.6) is 0 Å². The summed E-state index contributed by atoms with van der Waals surface area (Å²) in [5.41, 5.74) is 4.00. The van der Waals surface area contributed by atoms with E-state index in [0.29, 0.717) is 6.04 Å². The van der Waals surface area contributed by atoms with E-state index in [-0.39, 0.29) is 24.8 Å². The summed E-state index contributed by atoms with van der Waals surface area (Å²) < 4.78 is 0. The summed E-state index contributed by atoms with van der Waals surface area (Å²) in [5.74, 6) is 0. The fourth-order valence-corrected chi connectivity index (χ4v) is 3.28. The summed E-state index contributed by atoms with van der Waals surface area (Å²) in [4.78, 5) is 4.99. The van der Waals surface area contributed by atoms with Gasteiger partial charge < -0.3 is 10.2 Å². The lowest BCUT2D eigenvalue weighted by molar-refractivity contribution is 0.172. The molecule has 138 valence electrons. The molecule has 2 rings (SSSR count). The highest BCUT2D eigenvalue weighted by atomic mass is 35.5. The molecule has 0 saturated carbocycles. The molecule has 1 heterocycles. The molecular weight excluding hydrogens is 341 g/mol. The molecule has 1 aliphatic rings. The van der Waals surface area contributed by atoms with Crippen LogP contribution in [0, 0.1) is 0 Å². The maximum atomic E-state index is 4.14. The second-order valence-corrected chi connectivity index (χ2v) is 6.23. The average Bonchev–Trinajstić information content (AvgIpc) is 2.55. The fourth-order valence-electron chi connectivity index (χ4n) is 3.28. The predicted molar refractivity (Wildman–Crippen MR) is 111 cm³/mol. The van der Waals surface area contributed by atoms with Crippen LogP contribution in [0.2, 0.25) is 0 Å². The number of benzene rings is 1. The maximum absolute atomic E-state index is 4.14. The highest BCUT2D eigenvalue weighted by Crippen LogP contribution is 2.29. The van der Waals surface area contributed by atoms with Gasteiger partial charge in [-0.15, -0.1) is 31.4 Å². The fraction of sp³-hybridized carbons (Fsp3) is 0.579. The van der Waals surface area contributed by atoms with E-state index in [9.17, 15) is 0 Å². The number of nitrogens with zero attached hydrogens (tertiary/aromatic N) is 2. The highest BCUT2D eigenvalue weighted by molar-refractivity contribution is 5.85. The van der Waals surface area contributed by atoms with Gasteiger partial charge in [0.15, 0.2) is 0 Å². The standard InChI is InChI=1S/C19H31N3.2ClH/c1-5-21(6-2)18-9-7-17(8-10-18)19(15-16(3)4)22-13-11-20-12-14-22;;/h7-10,19-20H,3,5-6,11-15H2,1-2,4H3;2*1H/t19-;;/m1../s1. The minimum Gasteiger partial charge on any atom is -0.372 e. The maximum Gasteiger partial charge on any atom is 0.0386 e. The van der Waals surface area contributed by atoms with E-state index in [4.69, 9.17) is 0 Å². The Bertz CT molecular complexity index is 466. The molecule has 1 saturated heterocycles. The zero-order chi connectivity index (χ0) is 15.9. The molecule has 1 atom stereocenters. The Balaban J connectivity index is 0.00000264. The first-order valence-corrected chi connectivity index (χ1v) is 8.59. The third-order valence-corrected chi connectivity index (χ3v) is 4.54. The molecule has 0 aromatic heterocycles. The zero-order valence-electron chi connectivity index (χ0n) is 15.3. The number of halogens is 2. The Morgan fingerprint density at radius 3 is 2.12 bits per heavy atom. The monoisotopic (exact) mass is 373 g/mol. The van der Waals surface area contributed by atoms with Crippen LogP contribution in [-0.4, -0.2) is 44.2 Å². The first kappa shape index (κ1) is 23.3. The first-order valence-electron chi connectivity index (χ1n) is 8.59. The smallest absolute Gasteiger partial charge is 0.0386 e. The van der Waals surface area contributed by atoms with Gasteiger partial charge in [0.1, 0.15) is 0 Å². The van der Waals surface area contributed by atoms with Crippen molar-refractivity contribution in [3.63, 3.8) is 0 Å². The second kappa shape index (κ2) is 11.8. The van der Waals surface area contributed by atoms with Gasteiger partial charge in [0.2, 0.25) is 0 Å². The van der Waals surface area contributed by atoms with E-state index >= 15 is 0 Å². The van der Waals surface area contributed by atoms with E-state index in [0.717, 1.165) is 45.7 Å². The van der Waals surface area contributed by atoms with E-state index in [2.05, 4.69) is 66.7 Å². The van der Waals surface area contributed by atoms with Gasteiger partial charge in [-0.05, 0) is 44.9 Å². The Morgan fingerprint density at radius 2 is 1.67 bits per heavy atom. The largest absolute Gasteiger partial charge is 0.372 e. The van der Waals surface area contributed by atoms with E-state index in [1.807, 2.05) is 0 Å². The van der Waals surface area contributed by atoms with Gasteiger partial charge in [0.05, 0.1) is 0 Å². The molecule has 3 nitrogen and oxygen atoms in total. The van der Waals surface area contributed by atoms with Crippen LogP contribution in [0.4, 0.5) is 5.69 Å². The van der Waals surface area contributed by atoms with Crippen LogP contribution in [0.25, 0.3) is 0 Å². The van der Waals surface area contributed by atoms with Crippen molar-refractivity contribution in [2.45, 2.75) is 33.2 Å². The number of hydrogen-bond donors (Lipinski definition) is 1. The van der Waals surface area contributed by atoms with Crippen LogP contribution >= 0.6 is 24.8 Å². The minimum absolute atomic E-state index is 0. The Morgan fingerprint density at radius 1 is 1.12 bits per heavy atom. The van der Waals surface area contributed by atoms with Crippen molar-refractivity contribution < 1.29 is 0 Å². The van der Waals surface area contributed by atoms with Crippen LogP contribution in [-0.2, 0) is 0 Å². The quantitative estimate of drug-likeness (QED) is 0.719. The van der Waals surface area contributed by atoms with Crippen molar-refractivity contribution in [3.8, 4) is 0 Å². The van der Waals surface area contributed by atoms with Crippen molar-refractivity contribution in [1.29, 1.82) is 0 Å². The molecule has 0 unspecified atom stereocenters. The molecule has 0 radical (unpaired) electrons. The average molecular weight is 374 g/mol. The molecule has 1 aromatic carbocycles. The van der Waals surface area contributed by atoms with Crippen LogP contribution in [0.3, 0.4) is 0 Å². The van der Waals surface area contributed by atoms with Crippen molar-refractivity contribution in [3.05, 3.63) is 42.0 Å². The number of nitrogens with one attached hydrogen (secondary N) is 1. The molecular formula is C19H33Cl2N3. The van der Waals surface area contributed by atoms with Crippen molar-refractivity contribution in [2.24, 2.45) is 0 Å². The minimum atomic E-state index is 0. The lowest BCUT2D eigenvalue weighted by Crippen LogP contribution is -2.45. The number of anilines is 1. The lowest BCUT2D eigenvalue weighted by atomic mass is 9.97. The van der Waals surface area contributed by atoms with Gasteiger partial charge in [-0.3, -0.25) is 4.90 Å². The Labute approximate surface area is 160 Å². The van der Waals surface area contributed by atoms with Crippen molar-refractivity contribution >= 4 is 30.5 Å². The molecule has 0 amide bonds. The van der Waals surface area contributed by atoms with Crippen LogP contribution in [0.15, 0.2) is 36.4 Å². The molecule has 24 heavy (non-hydrogen) atoms. The molecule has 1 aliphatic heterocycles. The van der Waals surface area contributed by atoms with E-state index < -0.39 is 0 Å². The highest BCUT2D eigenvalue weighted by Gasteiger charge is 2.22. The van der Waals surface area contributed by atoms with Crippen molar-refractivity contribution in [1.82, 2.24) is 10.2 Å². The summed E-state index contributed by atoms with van der Waals surface area (Å²) in [6.07, 6.45) is 1.05. The molecule has 0 bridgehead atoms. The molecule has 0 spiro atoms. The zero-order valence-corrected chi connectivity index (χ0v) is 16.9. The molecule has 1 fully saturated rings. The summed E-state index contributed by atoms with van der Waals surface area (Å²) >= 11 is 0. The SMILES string of the molecule is C=C(C)C[C@H](c1ccc(N(CC)CC)cc1)N1CCNCC1.Cl.Cl. The van der Waals surface area contributed by atoms with Crippen LogP contribution < -0.4 is 10.2 Å². The second-order valence-electron chi connectivity index (χ2n) is 6.23. The third kappa shape index (κ3) is 6.29. The van der Waals surface area contributed by atoms with Crippen LogP contribution in [0.1, 0.15) is 38.8 Å². The number of rotatable bonds is 7. The van der Waals surface area contributed by atoms with E-state index in [1.54, 1.807) is 0 Å². The Kier molecular flexibility index (Phi) is 11.4. The van der Waals surface area contributed by atoms with E-state index in [1.165, 1.54) is 16.8 Å². The van der Waals surface area contributed by atoms with Gasteiger partial charge in [0.25, 0.3) is 0 Å². The number of piperazine rings is 1. The van der Waals surface area contributed by atoms with Gasteiger partial charge in [-0.1, -0.05) is 17.7 Å². The number of hydrogen-bond acceptors (Lipinski definition) is 3.